The summed E-state index contributed by atoms with van der Waals surface area (Å²) in [6.45, 7) is 0.772. The van der Waals surface area contributed by atoms with Crippen LogP contribution in [0.25, 0.3) is 11.0 Å². The number of aromatic nitrogens is 2. The molecule has 4 rings (SSSR count). The van der Waals surface area contributed by atoms with E-state index in [9.17, 15) is 0 Å². The van der Waals surface area contributed by atoms with Crippen LogP contribution in [0.3, 0.4) is 0 Å². The number of benzene rings is 3. The number of halogens is 2. The number of thioether (sulfide) groups is 1. The van der Waals surface area contributed by atoms with E-state index < -0.39 is 0 Å². The number of imidazole rings is 1. The van der Waals surface area contributed by atoms with Gasteiger partial charge in [0, 0.05) is 21.5 Å². The molecule has 1 aromatic heterocycles. The highest BCUT2D eigenvalue weighted by Crippen LogP contribution is 2.28. The molecule has 26 heavy (non-hydrogen) atoms. The van der Waals surface area contributed by atoms with E-state index in [4.69, 9.17) is 28.2 Å². The van der Waals surface area contributed by atoms with E-state index in [0.717, 1.165) is 39.2 Å². The van der Waals surface area contributed by atoms with Gasteiger partial charge in [0.1, 0.15) is 5.82 Å². The van der Waals surface area contributed by atoms with Crippen LogP contribution in [0.2, 0.25) is 10.0 Å². The van der Waals surface area contributed by atoms with Crippen molar-refractivity contribution in [1.82, 2.24) is 9.55 Å². The molecule has 0 N–H and O–H groups in total. The first-order chi connectivity index (χ1) is 12.7. The van der Waals surface area contributed by atoms with Crippen LogP contribution in [0.4, 0.5) is 0 Å². The summed E-state index contributed by atoms with van der Waals surface area (Å²) in [4.78, 5) is 6.01. The number of rotatable bonds is 5. The van der Waals surface area contributed by atoms with Crippen molar-refractivity contribution >= 4 is 46.0 Å². The van der Waals surface area contributed by atoms with Crippen molar-refractivity contribution < 1.29 is 0 Å². The summed E-state index contributed by atoms with van der Waals surface area (Å²) in [5.41, 5.74) is 3.27. The molecule has 5 heteroatoms. The molecule has 0 saturated carbocycles. The quantitative estimate of drug-likeness (QED) is 0.348. The number of hydrogen-bond donors (Lipinski definition) is 0. The lowest BCUT2D eigenvalue weighted by atomic mass is 10.2. The van der Waals surface area contributed by atoms with Crippen LogP contribution in [0, 0.1) is 0 Å². The van der Waals surface area contributed by atoms with Gasteiger partial charge in [0.05, 0.1) is 16.8 Å². The van der Waals surface area contributed by atoms with Crippen molar-refractivity contribution in [1.29, 1.82) is 0 Å². The van der Waals surface area contributed by atoms with Gasteiger partial charge in [-0.05, 0) is 48.0 Å². The monoisotopic (exact) mass is 398 g/mol. The van der Waals surface area contributed by atoms with Gasteiger partial charge in [-0.25, -0.2) is 4.98 Å². The fourth-order valence-corrected chi connectivity index (χ4v) is 4.01. The zero-order chi connectivity index (χ0) is 17.9. The molecule has 0 bridgehead atoms. The lowest BCUT2D eigenvalue weighted by Gasteiger charge is -2.10. The largest absolute Gasteiger partial charge is 0.323 e. The minimum absolute atomic E-state index is 0.726. The Hall–Kier alpha value is -1.94. The van der Waals surface area contributed by atoms with Gasteiger partial charge in [-0.3, -0.25) is 0 Å². The fourth-order valence-electron chi connectivity index (χ4n) is 2.88. The summed E-state index contributed by atoms with van der Waals surface area (Å²) in [6, 6.07) is 24.2. The Morgan fingerprint density at radius 1 is 0.846 bits per heavy atom. The second kappa shape index (κ2) is 7.75. The standard InChI is InChI=1S/C21H16Cl2N2S/c22-16-6-9-18(10-7-16)26-14-21-24-19-11-8-17(23)12-20(19)25(21)13-15-4-2-1-3-5-15/h1-12H,13-14H2. The molecule has 0 atom stereocenters. The lowest BCUT2D eigenvalue weighted by Crippen LogP contribution is -2.04. The molecule has 4 aromatic rings. The van der Waals surface area contributed by atoms with Gasteiger partial charge in [0.25, 0.3) is 0 Å². The zero-order valence-corrected chi connectivity index (χ0v) is 16.2. The number of hydrogen-bond acceptors (Lipinski definition) is 2. The summed E-state index contributed by atoms with van der Waals surface area (Å²) < 4.78 is 2.25. The third kappa shape index (κ3) is 3.90. The van der Waals surface area contributed by atoms with E-state index in [-0.39, 0.29) is 0 Å². The maximum atomic E-state index is 6.23. The Bertz CT molecular complexity index is 1030. The minimum atomic E-state index is 0.726. The fraction of sp³-hybridized carbons (Fsp3) is 0.0952. The molecule has 0 amide bonds. The maximum absolute atomic E-state index is 6.23. The van der Waals surface area contributed by atoms with Crippen LogP contribution < -0.4 is 0 Å². The van der Waals surface area contributed by atoms with Crippen molar-refractivity contribution in [3.8, 4) is 0 Å². The van der Waals surface area contributed by atoms with E-state index in [2.05, 4.69) is 28.8 Å². The molecule has 1 heterocycles. The predicted molar refractivity (Wildman–Crippen MR) is 111 cm³/mol. The van der Waals surface area contributed by atoms with Gasteiger partial charge in [0.2, 0.25) is 0 Å². The van der Waals surface area contributed by atoms with E-state index in [1.165, 1.54) is 10.5 Å². The van der Waals surface area contributed by atoms with Crippen molar-refractivity contribution in [2.45, 2.75) is 17.2 Å². The molecule has 130 valence electrons. The Kier molecular flexibility index (Phi) is 5.21. The second-order valence-electron chi connectivity index (χ2n) is 5.98. The van der Waals surface area contributed by atoms with Crippen LogP contribution in [0.5, 0.6) is 0 Å². The van der Waals surface area contributed by atoms with Gasteiger partial charge in [-0.15, -0.1) is 11.8 Å². The first-order valence-electron chi connectivity index (χ1n) is 8.26. The van der Waals surface area contributed by atoms with Crippen LogP contribution in [-0.4, -0.2) is 9.55 Å². The molecule has 0 aliphatic heterocycles. The number of nitrogens with zero attached hydrogens (tertiary/aromatic N) is 2. The van der Waals surface area contributed by atoms with Crippen molar-refractivity contribution in [3.05, 3.63) is 94.2 Å². The van der Waals surface area contributed by atoms with Crippen molar-refractivity contribution in [3.63, 3.8) is 0 Å². The van der Waals surface area contributed by atoms with Crippen molar-refractivity contribution in [2.75, 3.05) is 0 Å². The van der Waals surface area contributed by atoms with E-state index in [1.807, 2.05) is 48.5 Å². The lowest BCUT2D eigenvalue weighted by molar-refractivity contribution is 0.780. The molecule has 0 fully saturated rings. The van der Waals surface area contributed by atoms with E-state index >= 15 is 0 Å². The normalized spacial score (nSPS) is 11.2. The van der Waals surface area contributed by atoms with Gasteiger partial charge < -0.3 is 4.57 Å². The molecule has 0 aliphatic carbocycles. The minimum Gasteiger partial charge on any atom is -0.323 e. The van der Waals surface area contributed by atoms with Gasteiger partial charge in [0.15, 0.2) is 0 Å². The molecular weight excluding hydrogens is 383 g/mol. The first-order valence-corrected chi connectivity index (χ1v) is 10.0. The SMILES string of the molecule is Clc1ccc(SCc2nc3ccc(Cl)cc3n2Cc2ccccc2)cc1. The third-order valence-corrected chi connectivity index (χ3v) is 5.65. The molecule has 3 aromatic carbocycles. The van der Waals surface area contributed by atoms with Crippen LogP contribution in [0.1, 0.15) is 11.4 Å². The Balaban J connectivity index is 1.68. The highest BCUT2D eigenvalue weighted by molar-refractivity contribution is 7.98. The molecule has 2 nitrogen and oxygen atoms in total. The maximum Gasteiger partial charge on any atom is 0.120 e. The molecular formula is C21H16Cl2N2S. The summed E-state index contributed by atoms with van der Waals surface area (Å²) >= 11 is 14.0. The van der Waals surface area contributed by atoms with Gasteiger partial charge in [-0.2, -0.15) is 0 Å². The van der Waals surface area contributed by atoms with Crippen LogP contribution in [-0.2, 0) is 12.3 Å². The molecule has 0 aliphatic rings. The average Bonchev–Trinajstić information content (AvgIpc) is 2.99. The third-order valence-electron chi connectivity index (χ3n) is 4.15. The smallest absolute Gasteiger partial charge is 0.120 e. The van der Waals surface area contributed by atoms with Gasteiger partial charge >= 0.3 is 0 Å². The predicted octanol–water partition coefficient (Wildman–Crippen LogP) is 6.68. The van der Waals surface area contributed by atoms with E-state index in [1.54, 1.807) is 11.8 Å². The summed E-state index contributed by atoms with van der Waals surface area (Å²) in [5.74, 6) is 1.81. The van der Waals surface area contributed by atoms with Crippen molar-refractivity contribution in [2.24, 2.45) is 0 Å². The summed E-state index contributed by atoms with van der Waals surface area (Å²) in [7, 11) is 0. The second-order valence-corrected chi connectivity index (χ2v) is 7.90. The summed E-state index contributed by atoms with van der Waals surface area (Å²) in [6.07, 6.45) is 0. The van der Waals surface area contributed by atoms with Crippen LogP contribution >= 0.6 is 35.0 Å². The zero-order valence-electron chi connectivity index (χ0n) is 13.9. The summed E-state index contributed by atoms with van der Waals surface area (Å²) in [5, 5.41) is 1.48. The topological polar surface area (TPSA) is 17.8 Å². The Morgan fingerprint density at radius 2 is 1.58 bits per heavy atom. The van der Waals surface area contributed by atoms with Gasteiger partial charge in [-0.1, -0.05) is 53.5 Å². The molecule has 0 radical (unpaired) electrons. The highest BCUT2D eigenvalue weighted by atomic mass is 35.5. The molecule has 0 saturated heterocycles. The van der Waals surface area contributed by atoms with E-state index in [0.29, 0.717) is 0 Å². The van der Waals surface area contributed by atoms with Crippen LogP contribution in [0.15, 0.2) is 77.7 Å². The Morgan fingerprint density at radius 3 is 2.35 bits per heavy atom. The highest BCUT2D eigenvalue weighted by Gasteiger charge is 2.12. The number of fused-ring (bicyclic) bond motifs is 1. The Labute approximate surface area is 166 Å². The first kappa shape index (κ1) is 17.5. The molecule has 0 unspecified atom stereocenters. The molecule has 0 spiro atoms. The average molecular weight is 399 g/mol.